The first kappa shape index (κ1) is 15.5. The molecule has 3 nitrogen and oxygen atoms in total. The molecule has 1 unspecified atom stereocenters. The molecule has 3 heteroatoms. The maximum Gasteiger partial charge on any atom is 0.168 e. The van der Waals surface area contributed by atoms with E-state index in [4.69, 9.17) is 0 Å². The third kappa shape index (κ3) is 3.81. The van der Waals surface area contributed by atoms with Crippen molar-refractivity contribution in [2.24, 2.45) is 4.99 Å². The molecule has 1 aliphatic carbocycles. The normalized spacial score (nSPS) is 20.9. The standard InChI is InChI=1S/C18H23NO2/c1-12(19-18(2,3)4)17-15(20)10-14(11-16(17)21)13-8-6-5-7-9-13/h5-9,14,20H,10-11H2,1-4H3. The van der Waals surface area contributed by atoms with Crippen LogP contribution in [0.4, 0.5) is 0 Å². The van der Waals surface area contributed by atoms with Crippen molar-refractivity contribution in [2.75, 3.05) is 0 Å². The van der Waals surface area contributed by atoms with Crippen LogP contribution in [0.1, 0.15) is 52.0 Å². The summed E-state index contributed by atoms with van der Waals surface area (Å²) in [6.45, 7) is 7.74. The van der Waals surface area contributed by atoms with Crippen LogP contribution < -0.4 is 0 Å². The molecule has 0 amide bonds. The number of hydrogen-bond acceptors (Lipinski definition) is 3. The average Bonchev–Trinajstić information content (AvgIpc) is 2.36. The van der Waals surface area contributed by atoms with E-state index in [1.807, 2.05) is 51.1 Å². The first-order valence-corrected chi connectivity index (χ1v) is 7.35. The fourth-order valence-electron chi connectivity index (χ4n) is 2.82. The van der Waals surface area contributed by atoms with Gasteiger partial charge in [-0.1, -0.05) is 30.3 Å². The monoisotopic (exact) mass is 285 g/mol. The predicted octanol–water partition coefficient (Wildman–Crippen LogP) is 4.20. The van der Waals surface area contributed by atoms with E-state index in [1.54, 1.807) is 6.92 Å². The summed E-state index contributed by atoms with van der Waals surface area (Å²) in [5, 5.41) is 10.3. The van der Waals surface area contributed by atoms with E-state index in [2.05, 4.69) is 4.99 Å². The molecular weight excluding hydrogens is 262 g/mol. The molecule has 1 aromatic rings. The Bertz CT molecular complexity index is 591. The van der Waals surface area contributed by atoms with Crippen LogP contribution in [0.2, 0.25) is 0 Å². The van der Waals surface area contributed by atoms with Gasteiger partial charge in [-0.2, -0.15) is 0 Å². The van der Waals surface area contributed by atoms with Crippen molar-refractivity contribution in [3.63, 3.8) is 0 Å². The second-order valence-electron chi connectivity index (χ2n) is 6.63. The van der Waals surface area contributed by atoms with Crippen LogP contribution in [0.5, 0.6) is 0 Å². The minimum Gasteiger partial charge on any atom is -0.511 e. The molecule has 0 aromatic heterocycles. The van der Waals surface area contributed by atoms with Crippen LogP contribution >= 0.6 is 0 Å². The van der Waals surface area contributed by atoms with Gasteiger partial charge in [0, 0.05) is 18.6 Å². The smallest absolute Gasteiger partial charge is 0.168 e. The lowest BCUT2D eigenvalue weighted by Crippen LogP contribution is -2.24. The fraction of sp³-hybridized carbons (Fsp3) is 0.444. The summed E-state index contributed by atoms with van der Waals surface area (Å²) in [6, 6.07) is 9.89. The van der Waals surface area contributed by atoms with Gasteiger partial charge in [-0.05, 0) is 39.2 Å². The number of hydrogen-bond donors (Lipinski definition) is 1. The van der Waals surface area contributed by atoms with E-state index < -0.39 is 0 Å². The molecule has 1 atom stereocenters. The minimum absolute atomic E-state index is 0.0156. The van der Waals surface area contributed by atoms with Crippen LogP contribution in [0.25, 0.3) is 0 Å². The van der Waals surface area contributed by atoms with Crippen molar-refractivity contribution in [1.82, 2.24) is 0 Å². The van der Waals surface area contributed by atoms with Crippen molar-refractivity contribution >= 4 is 11.5 Å². The van der Waals surface area contributed by atoms with Gasteiger partial charge in [0.1, 0.15) is 5.76 Å². The van der Waals surface area contributed by atoms with Crippen molar-refractivity contribution < 1.29 is 9.90 Å². The van der Waals surface area contributed by atoms with Gasteiger partial charge < -0.3 is 5.11 Å². The molecule has 0 saturated heterocycles. The van der Waals surface area contributed by atoms with Gasteiger partial charge >= 0.3 is 0 Å². The number of allylic oxidation sites excluding steroid dienone is 2. The van der Waals surface area contributed by atoms with Gasteiger partial charge in [-0.15, -0.1) is 0 Å². The summed E-state index contributed by atoms with van der Waals surface area (Å²) in [5.41, 5.74) is 1.89. The number of carbonyl (C=O) groups excluding carboxylic acids is 1. The molecule has 2 rings (SSSR count). The molecule has 112 valence electrons. The third-order valence-electron chi connectivity index (χ3n) is 3.57. The Morgan fingerprint density at radius 1 is 1.19 bits per heavy atom. The first-order valence-electron chi connectivity index (χ1n) is 7.35. The number of aliphatic imine (C=N–C) groups is 1. The molecule has 21 heavy (non-hydrogen) atoms. The van der Waals surface area contributed by atoms with Crippen molar-refractivity contribution in [2.45, 2.75) is 52.0 Å². The average molecular weight is 285 g/mol. The Morgan fingerprint density at radius 2 is 1.81 bits per heavy atom. The zero-order valence-electron chi connectivity index (χ0n) is 13.2. The molecular formula is C18H23NO2. The van der Waals surface area contributed by atoms with Gasteiger partial charge in [0.25, 0.3) is 0 Å². The fourth-order valence-corrected chi connectivity index (χ4v) is 2.82. The Balaban J connectivity index is 2.30. The van der Waals surface area contributed by atoms with Crippen LogP contribution in [-0.2, 0) is 4.79 Å². The number of rotatable bonds is 2. The molecule has 0 bridgehead atoms. The van der Waals surface area contributed by atoms with Crippen molar-refractivity contribution in [1.29, 1.82) is 0 Å². The first-order chi connectivity index (χ1) is 9.78. The Kier molecular flexibility index (Phi) is 4.31. The van der Waals surface area contributed by atoms with Gasteiger partial charge in [0.05, 0.1) is 11.1 Å². The van der Waals surface area contributed by atoms with Crippen LogP contribution in [0.15, 0.2) is 46.7 Å². The number of nitrogens with zero attached hydrogens (tertiary/aromatic N) is 1. The molecule has 0 fully saturated rings. The number of aliphatic hydroxyl groups excluding tert-OH is 1. The van der Waals surface area contributed by atoms with Crippen molar-refractivity contribution in [3.05, 3.63) is 47.2 Å². The van der Waals surface area contributed by atoms with E-state index in [0.717, 1.165) is 5.56 Å². The summed E-state index contributed by atoms with van der Waals surface area (Å²) in [4.78, 5) is 16.9. The molecule has 1 N–H and O–H groups in total. The number of Topliss-reactive ketones (excluding diaryl/α,β-unsaturated/α-hetero) is 1. The van der Waals surface area contributed by atoms with E-state index in [-0.39, 0.29) is 23.0 Å². The summed E-state index contributed by atoms with van der Waals surface area (Å²) in [6.07, 6.45) is 0.933. The van der Waals surface area contributed by atoms with Crippen LogP contribution in [0, 0.1) is 0 Å². The molecule has 0 heterocycles. The topological polar surface area (TPSA) is 49.7 Å². The Labute approximate surface area is 126 Å². The summed E-state index contributed by atoms with van der Waals surface area (Å²) >= 11 is 0. The lowest BCUT2D eigenvalue weighted by molar-refractivity contribution is -0.116. The SMILES string of the molecule is CC(=NC(C)(C)C)C1=C(O)CC(c2ccccc2)CC1=O. The van der Waals surface area contributed by atoms with E-state index in [1.165, 1.54) is 0 Å². The molecule has 0 radical (unpaired) electrons. The van der Waals surface area contributed by atoms with E-state index >= 15 is 0 Å². The van der Waals surface area contributed by atoms with E-state index in [9.17, 15) is 9.90 Å². The second-order valence-corrected chi connectivity index (χ2v) is 6.63. The lowest BCUT2D eigenvalue weighted by atomic mass is 9.81. The zero-order chi connectivity index (χ0) is 15.6. The highest BCUT2D eigenvalue weighted by molar-refractivity contribution is 6.22. The molecule has 1 aromatic carbocycles. The minimum atomic E-state index is -0.256. The predicted molar refractivity (Wildman–Crippen MR) is 85.9 cm³/mol. The second kappa shape index (κ2) is 5.84. The van der Waals surface area contributed by atoms with Crippen LogP contribution in [-0.4, -0.2) is 22.1 Å². The highest BCUT2D eigenvalue weighted by Gasteiger charge is 2.30. The van der Waals surface area contributed by atoms with Gasteiger partial charge in [0.15, 0.2) is 5.78 Å². The summed E-state index contributed by atoms with van der Waals surface area (Å²) < 4.78 is 0. The highest BCUT2D eigenvalue weighted by atomic mass is 16.3. The largest absolute Gasteiger partial charge is 0.511 e. The molecule has 0 aliphatic heterocycles. The third-order valence-corrected chi connectivity index (χ3v) is 3.57. The van der Waals surface area contributed by atoms with Crippen LogP contribution in [0.3, 0.4) is 0 Å². The van der Waals surface area contributed by atoms with Gasteiger partial charge in [-0.25, -0.2) is 0 Å². The maximum absolute atomic E-state index is 12.4. The quantitative estimate of drug-likeness (QED) is 0.828. The number of benzene rings is 1. The maximum atomic E-state index is 12.4. The molecule has 0 spiro atoms. The Hall–Kier alpha value is -1.90. The number of ketones is 1. The number of carbonyl (C=O) groups is 1. The molecule has 1 aliphatic rings. The van der Waals surface area contributed by atoms with Crippen molar-refractivity contribution in [3.8, 4) is 0 Å². The van der Waals surface area contributed by atoms with E-state index in [0.29, 0.717) is 24.1 Å². The summed E-state index contributed by atoms with van der Waals surface area (Å²) in [5.74, 6) is 0.216. The Morgan fingerprint density at radius 3 is 2.33 bits per heavy atom. The highest BCUT2D eigenvalue weighted by Crippen LogP contribution is 2.34. The summed E-state index contributed by atoms with van der Waals surface area (Å²) in [7, 11) is 0. The number of aliphatic hydroxyl groups is 1. The van der Waals surface area contributed by atoms with Gasteiger partial charge in [-0.3, -0.25) is 9.79 Å². The molecule has 0 saturated carbocycles. The zero-order valence-corrected chi connectivity index (χ0v) is 13.2. The van der Waals surface area contributed by atoms with Gasteiger partial charge in [0.2, 0.25) is 0 Å². The lowest BCUT2D eigenvalue weighted by Gasteiger charge is -2.25.